The maximum absolute atomic E-state index is 5.43. The van der Waals surface area contributed by atoms with Crippen LogP contribution in [0.25, 0.3) is 0 Å². The molecule has 0 radical (unpaired) electrons. The quantitative estimate of drug-likeness (QED) is 0.627. The highest BCUT2D eigenvalue weighted by atomic mass is 31.1. The van der Waals surface area contributed by atoms with E-state index >= 15 is 0 Å². The van der Waals surface area contributed by atoms with Crippen LogP contribution >= 0.6 is 8.58 Å². The van der Waals surface area contributed by atoms with Gasteiger partial charge in [-0.3, -0.25) is 0 Å². The van der Waals surface area contributed by atoms with Gasteiger partial charge >= 0.3 is 0 Å². The van der Waals surface area contributed by atoms with E-state index in [2.05, 4.69) is 12.7 Å². The summed E-state index contributed by atoms with van der Waals surface area (Å²) in [6.45, 7) is 4.93. The first kappa shape index (κ1) is 8.55. The van der Waals surface area contributed by atoms with E-state index in [0.29, 0.717) is 0 Å². The van der Waals surface area contributed by atoms with Crippen LogP contribution in [0.2, 0.25) is 0 Å². The molecule has 1 nitrogen and oxygen atoms in total. The molecule has 0 fully saturated rings. The molecule has 0 aliphatic rings. The Morgan fingerprint density at radius 2 is 2.09 bits per heavy atom. The normalized spacial score (nSPS) is 10.7. The van der Waals surface area contributed by atoms with E-state index in [9.17, 15) is 0 Å². The van der Waals surface area contributed by atoms with E-state index in [-0.39, 0.29) is 0 Å². The van der Waals surface area contributed by atoms with Gasteiger partial charge in [-0.2, -0.15) is 0 Å². The second kappa shape index (κ2) is 4.35. The third-order valence-electron chi connectivity index (χ3n) is 1.46. The first-order valence-electron chi connectivity index (χ1n) is 3.78. The minimum absolute atomic E-state index is 0.751. The monoisotopic (exact) mass is 168 g/mol. The van der Waals surface area contributed by atoms with Gasteiger partial charge in [0.2, 0.25) is 0 Å². The molecule has 0 saturated heterocycles. The Morgan fingerprint density at radius 3 is 2.73 bits per heavy atom. The maximum Gasteiger partial charge on any atom is 0.126 e. The van der Waals surface area contributed by atoms with Gasteiger partial charge in [0, 0.05) is 5.30 Å². The van der Waals surface area contributed by atoms with Gasteiger partial charge in [-0.25, -0.2) is 0 Å². The lowest BCUT2D eigenvalue weighted by molar-refractivity contribution is 0.343. The highest BCUT2D eigenvalue weighted by Crippen LogP contribution is 2.15. The molecule has 0 aliphatic carbocycles. The van der Waals surface area contributed by atoms with Crippen LogP contribution < -0.4 is 10.0 Å². The summed E-state index contributed by atoms with van der Waals surface area (Å²) in [5.41, 5.74) is 0. The van der Waals surface area contributed by atoms with Crippen LogP contribution in [0.4, 0.5) is 0 Å². The minimum Gasteiger partial charge on any atom is -0.493 e. The molecular weight excluding hydrogens is 155 g/mol. The second-order valence-electron chi connectivity index (χ2n) is 2.18. The van der Waals surface area contributed by atoms with E-state index in [1.807, 2.05) is 25.1 Å². The van der Waals surface area contributed by atoms with Gasteiger partial charge in [-0.05, 0) is 19.7 Å². The molecule has 60 valence electrons. The summed E-state index contributed by atoms with van der Waals surface area (Å²) >= 11 is 0. The first-order chi connectivity index (χ1) is 5.38. The standard InChI is InChI=1S/C9H13OP/c1-3-10-8-6-4-5-7-9(8)11-2/h4-7,11H,3H2,1-2H3. The van der Waals surface area contributed by atoms with Crippen molar-refractivity contribution in [3.05, 3.63) is 24.3 Å². The van der Waals surface area contributed by atoms with E-state index in [1.165, 1.54) is 5.30 Å². The van der Waals surface area contributed by atoms with Crippen molar-refractivity contribution in [3.8, 4) is 5.75 Å². The first-order valence-corrected chi connectivity index (χ1v) is 5.28. The average Bonchev–Trinajstić information content (AvgIpc) is 2.06. The molecule has 0 N–H and O–H groups in total. The highest BCUT2D eigenvalue weighted by Gasteiger charge is 1.97. The van der Waals surface area contributed by atoms with Crippen molar-refractivity contribution in [1.82, 2.24) is 0 Å². The zero-order chi connectivity index (χ0) is 8.10. The molecule has 1 atom stereocenters. The van der Waals surface area contributed by atoms with Gasteiger partial charge in [0.1, 0.15) is 5.75 Å². The predicted molar refractivity (Wildman–Crippen MR) is 51.5 cm³/mol. The number of hydrogen-bond donors (Lipinski definition) is 0. The Bertz CT molecular complexity index is 223. The van der Waals surface area contributed by atoms with Gasteiger partial charge in [0.15, 0.2) is 0 Å². The zero-order valence-electron chi connectivity index (χ0n) is 6.92. The summed E-state index contributed by atoms with van der Waals surface area (Å²) in [5.74, 6) is 1.04. The van der Waals surface area contributed by atoms with Crippen molar-refractivity contribution >= 4 is 13.9 Å². The number of hydrogen-bond acceptors (Lipinski definition) is 1. The molecule has 11 heavy (non-hydrogen) atoms. The molecule has 0 amide bonds. The molecule has 0 heterocycles. The van der Waals surface area contributed by atoms with E-state index in [1.54, 1.807) is 0 Å². The Balaban J connectivity index is 2.83. The highest BCUT2D eigenvalue weighted by molar-refractivity contribution is 7.46. The number of ether oxygens (including phenoxy) is 1. The molecule has 2 heteroatoms. The van der Waals surface area contributed by atoms with Crippen LogP contribution in [0.1, 0.15) is 6.92 Å². The number of para-hydroxylation sites is 1. The summed E-state index contributed by atoms with van der Waals surface area (Å²) < 4.78 is 5.43. The van der Waals surface area contributed by atoms with Crippen LogP contribution in [0.3, 0.4) is 0 Å². The van der Waals surface area contributed by atoms with Crippen molar-refractivity contribution in [2.45, 2.75) is 6.92 Å². The molecule has 1 unspecified atom stereocenters. The average molecular weight is 168 g/mol. The second-order valence-corrected chi connectivity index (χ2v) is 3.22. The van der Waals surface area contributed by atoms with Crippen molar-refractivity contribution in [2.24, 2.45) is 0 Å². The molecule has 0 aromatic heterocycles. The molecule has 0 aliphatic heterocycles. The van der Waals surface area contributed by atoms with Gasteiger partial charge < -0.3 is 4.74 Å². The van der Waals surface area contributed by atoms with Gasteiger partial charge in [0.05, 0.1) is 6.61 Å². The zero-order valence-corrected chi connectivity index (χ0v) is 7.92. The molecule has 0 spiro atoms. The molecule has 1 aromatic rings. The van der Waals surface area contributed by atoms with Crippen LogP contribution in [0, 0.1) is 0 Å². The Labute approximate surface area is 69.6 Å². The summed E-state index contributed by atoms with van der Waals surface area (Å²) in [6.07, 6.45) is 0. The Hall–Kier alpha value is -0.550. The van der Waals surface area contributed by atoms with Crippen LogP contribution in [-0.4, -0.2) is 13.3 Å². The summed E-state index contributed by atoms with van der Waals surface area (Å²) in [6, 6.07) is 8.20. The lowest BCUT2D eigenvalue weighted by Crippen LogP contribution is -2.02. The smallest absolute Gasteiger partial charge is 0.126 e. The lowest BCUT2D eigenvalue weighted by Gasteiger charge is -2.06. The van der Waals surface area contributed by atoms with Crippen LogP contribution in [0.5, 0.6) is 5.75 Å². The third-order valence-corrected chi connectivity index (χ3v) is 2.41. The fourth-order valence-corrected chi connectivity index (χ4v) is 1.62. The maximum atomic E-state index is 5.43. The number of rotatable bonds is 3. The summed E-state index contributed by atoms with van der Waals surface area (Å²) in [4.78, 5) is 0. The summed E-state index contributed by atoms with van der Waals surface area (Å²) in [7, 11) is 0.814. The van der Waals surface area contributed by atoms with Crippen molar-refractivity contribution in [1.29, 1.82) is 0 Å². The molecule has 1 rings (SSSR count). The van der Waals surface area contributed by atoms with Crippen molar-refractivity contribution in [2.75, 3.05) is 13.3 Å². The summed E-state index contributed by atoms with van der Waals surface area (Å²) in [5, 5.41) is 1.31. The third kappa shape index (κ3) is 2.20. The fourth-order valence-electron chi connectivity index (χ4n) is 0.955. The van der Waals surface area contributed by atoms with Gasteiger partial charge in [-0.15, -0.1) is 0 Å². The topological polar surface area (TPSA) is 9.23 Å². The Morgan fingerprint density at radius 1 is 1.36 bits per heavy atom. The molecule has 0 bridgehead atoms. The van der Waals surface area contributed by atoms with Crippen LogP contribution in [0.15, 0.2) is 24.3 Å². The largest absolute Gasteiger partial charge is 0.493 e. The Kier molecular flexibility index (Phi) is 3.38. The van der Waals surface area contributed by atoms with Gasteiger partial charge in [-0.1, -0.05) is 26.8 Å². The predicted octanol–water partition coefficient (Wildman–Crippen LogP) is 2.02. The SMILES string of the molecule is CCOc1ccccc1PC. The van der Waals surface area contributed by atoms with E-state index in [4.69, 9.17) is 4.74 Å². The molecular formula is C9H13OP. The van der Waals surface area contributed by atoms with Crippen LogP contribution in [-0.2, 0) is 0 Å². The van der Waals surface area contributed by atoms with E-state index in [0.717, 1.165) is 20.9 Å². The molecule has 1 aromatic carbocycles. The molecule has 0 saturated carbocycles. The fraction of sp³-hybridized carbons (Fsp3) is 0.333. The van der Waals surface area contributed by atoms with Crippen molar-refractivity contribution in [3.63, 3.8) is 0 Å². The lowest BCUT2D eigenvalue weighted by atomic mass is 10.3. The van der Waals surface area contributed by atoms with Gasteiger partial charge in [0.25, 0.3) is 0 Å². The number of benzene rings is 1. The van der Waals surface area contributed by atoms with Crippen molar-refractivity contribution < 1.29 is 4.74 Å². The minimum atomic E-state index is 0.751. The van der Waals surface area contributed by atoms with E-state index < -0.39 is 0 Å².